The first-order valence-corrected chi connectivity index (χ1v) is 7.41. The van der Waals surface area contributed by atoms with Gasteiger partial charge < -0.3 is 0 Å². The minimum absolute atomic E-state index is 0.0959. The van der Waals surface area contributed by atoms with Gasteiger partial charge in [-0.2, -0.15) is 0 Å². The van der Waals surface area contributed by atoms with Crippen LogP contribution in [-0.2, 0) is 6.42 Å². The van der Waals surface area contributed by atoms with Crippen LogP contribution in [0, 0.1) is 5.82 Å². The van der Waals surface area contributed by atoms with E-state index >= 15 is 0 Å². The number of rotatable bonds is 4. The molecule has 3 N–H and O–H groups in total. The predicted molar refractivity (Wildman–Crippen MR) is 84.3 cm³/mol. The quantitative estimate of drug-likeness (QED) is 0.601. The van der Waals surface area contributed by atoms with Gasteiger partial charge in [0, 0.05) is 9.50 Å². The van der Waals surface area contributed by atoms with Gasteiger partial charge in [-0.1, -0.05) is 51.3 Å². The van der Waals surface area contributed by atoms with Crippen molar-refractivity contribution in [2.24, 2.45) is 5.84 Å². The molecule has 0 aromatic heterocycles. The van der Waals surface area contributed by atoms with Crippen molar-refractivity contribution in [2.45, 2.75) is 12.5 Å². The second-order valence-corrected chi connectivity index (χ2v) is 6.03. The van der Waals surface area contributed by atoms with Crippen LogP contribution in [0.15, 0.2) is 40.9 Å². The van der Waals surface area contributed by atoms with E-state index in [2.05, 4.69) is 21.4 Å². The van der Waals surface area contributed by atoms with Crippen molar-refractivity contribution in [1.29, 1.82) is 0 Å². The molecule has 2 aromatic rings. The third-order valence-electron chi connectivity index (χ3n) is 2.99. The van der Waals surface area contributed by atoms with Gasteiger partial charge in [-0.3, -0.25) is 11.3 Å². The first-order valence-electron chi connectivity index (χ1n) is 5.87. The lowest BCUT2D eigenvalue weighted by atomic mass is 9.99. The van der Waals surface area contributed by atoms with Crippen LogP contribution < -0.4 is 11.3 Å². The predicted octanol–water partition coefficient (Wildman–Crippen LogP) is 4.64. The Hall–Kier alpha value is -0.650. The maximum Gasteiger partial charge on any atom is 0.145 e. The van der Waals surface area contributed by atoms with Crippen molar-refractivity contribution in [3.05, 3.63) is 67.9 Å². The lowest BCUT2D eigenvalue weighted by molar-refractivity contribution is 0.529. The largest absolute Gasteiger partial charge is 0.271 e. The van der Waals surface area contributed by atoms with Crippen LogP contribution in [-0.4, -0.2) is 0 Å². The molecule has 2 rings (SSSR count). The van der Waals surface area contributed by atoms with Gasteiger partial charge >= 0.3 is 0 Å². The van der Waals surface area contributed by atoms with Gasteiger partial charge in [0.05, 0.1) is 11.1 Å². The van der Waals surface area contributed by atoms with Gasteiger partial charge in [-0.15, -0.1) is 0 Å². The molecule has 1 atom stereocenters. The van der Waals surface area contributed by atoms with Crippen LogP contribution in [0.4, 0.5) is 4.39 Å². The highest BCUT2D eigenvalue weighted by Crippen LogP contribution is 2.29. The normalized spacial score (nSPS) is 12.4. The third kappa shape index (κ3) is 3.51. The van der Waals surface area contributed by atoms with Gasteiger partial charge in [-0.25, -0.2) is 4.39 Å². The molecule has 0 aliphatic rings. The summed E-state index contributed by atoms with van der Waals surface area (Å²) < 4.78 is 14.8. The summed E-state index contributed by atoms with van der Waals surface area (Å²) in [4.78, 5) is 0. The lowest BCUT2D eigenvalue weighted by Crippen LogP contribution is -2.30. The maximum absolute atomic E-state index is 14.0. The monoisotopic (exact) mass is 376 g/mol. The van der Waals surface area contributed by atoms with E-state index in [0.717, 1.165) is 10.0 Å². The SMILES string of the molecule is NNC(Cc1cccc(Cl)c1F)c1cc(Br)ccc1Cl. The number of nitrogens with one attached hydrogen (secondary N) is 1. The van der Waals surface area contributed by atoms with E-state index in [1.54, 1.807) is 18.2 Å². The van der Waals surface area contributed by atoms with Crippen LogP contribution in [0.5, 0.6) is 0 Å². The molecular weight excluding hydrogens is 366 g/mol. The molecule has 1 unspecified atom stereocenters. The van der Waals surface area contributed by atoms with Crippen LogP contribution in [0.3, 0.4) is 0 Å². The summed E-state index contributed by atoms with van der Waals surface area (Å²) in [7, 11) is 0. The topological polar surface area (TPSA) is 38.0 Å². The summed E-state index contributed by atoms with van der Waals surface area (Å²) in [5.74, 6) is 5.15. The second kappa shape index (κ2) is 6.87. The fourth-order valence-electron chi connectivity index (χ4n) is 1.97. The van der Waals surface area contributed by atoms with E-state index in [1.165, 1.54) is 6.07 Å². The molecule has 2 aromatic carbocycles. The average molecular weight is 378 g/mol. The van der Waals surface area contributed by atoms with E-state index in [0.29, 0.717) is 17.0 Å². The Labute approximate surface area is 135 Å². The van der Waals surface area contributed by atoms with E-state index in [9.17, 15) is 4.39 Å². The molecule has 0 aliphatic carbocycles. The molecule has 0 saturated heterocycles. The van der Waals surface area contributed by atoms with E-state index < -0.39 is 5.82 Å². The molecule has 6 heteroatoms. The third-order valence-corrected chi connectivity index (χ3v) is 4.12. The molecule has 0 heterocycles. The Morgan fingerprint density at radius 1 is 1.20 bits per heavy atom. The fraction of sp³-hybridized carbons (Fsp3) is 0.143. The van der Waals surface area contributed by atoms with Crippen LogP contribution in [0.1, 0.15) is 17.2 Å². The Morgan fingerprint density at radius 2 is 1.95 bits per heavy atom. The Bertz CT molecular complexity index is 622. The van der Waals surface area contributed by atoms with Crippen LogP contribution >= 0.6 is 39.1 Å². The Balaban J connectivity index is 2.34. The van der Waals surface area contributed by atoms with Gasteiger partial charge in [-0.05, 0) is 41.8 Å². The van der Waals surface area contributed by atoms with Crippen molar-refractivity contribution >= 4 is 39.1 Å². The zero-order valence-corrected chi connectivity index (χ0v) is 13.4. The highest BCUT2D eigenvalue weighted by molar-refractivity contribution is 9.10. The van der Waals surface area contributed by atoms with Crippen LogP contribution in [0.25, 0.3) is 0 Å². The minimum atomic E-state index is -0.430. The number of hydrazine groups is 1. The van der Waals surface area contributed by atoms with Crippen molar-refractivity contribution in [3.63, 3.8) is 0 Å². The molecule has 106 valence electrons. The summed E-state index contributed by atoms with van der Waals surface area (Å²) in [6, 6.07) is 10.0. The summed E-state index contributed by atoms with van der Waals surface area (Å²) >= 11 is 15.3. The maximum atomic E-state index is 14.0. The molecule has 0 radical (unpaired) electrons. The number of benzene rings is 2. The number of nitrogens with two attached hydrogens (primary N) is 1. The van der Waals surface area contributed by atoms with Crippen molar-refractivity contribution in [3.8, 4) is 0 Å². The van der Waals surface area contributed by atoms with Crippen molar-refractivity contribution in [2.75, 3.05) is 0 Å². The molecule has 0 fully saturated rings. The molecule has 0 amide bonds. The average Bonchev–Trinajstić information content (AvgIpc) is 2.43. The number of hydrogen-bond donors (Lipinski definition) is 2. The van der Waals surface area contributed by atoms with Gasteiger partial charge in [0.15, 0.2) is 0 Å². The molecule has 20 heavy (non-hydrogen) atoms. The highest BCUT2D eigenvalue weighted by atomic mass is 79.9. The Kier molecular flexibility index (Phi) is 5.41. The smallest absolute Gasteiger partial charge is 0.145 e. The fourth-order valence-corrected chi connectivity index (χ4v) is 2.79. The second-order valence-electron chi connectivity index (χ2n) is 4.30. The van der Waals surface area contributed by atoms with Gasteiger partial charge in [0.2, 0.25) is 0 Å². The van der Waals surface area contributed by atoms with E-state index in [1.807, 2.05) is 12.1 Å². The van der Waals surface area contributed by atoms with E-state index in [-0.39, 0.29) is 11.1 Å². The zero-order chi connectivity index (χ0) is 14.7. The van der Waals surface area contributed by atoms with Crippen molar-refractivity contribution in [1.82, 2.24) is 5.43 Å². The van der Waals surface area contributed by atoms with Gasteiger partial charge in [0.25, 0.3) is 0 Å². The van der Waals surface area contributed by atoms with Crippen molar-refractivity contribution < 1.29 is 4.39 Å². The minimum Gasteiger partial charge on any atom is -0.271 e. The summed E-state index contributed by atoms with van der Waals surface area (Å²) in [5.41, 5.74) is 3.94. The molecule has 0 bridgehead atoms. The Morgan fingerprint density at radius 3 is 2.65 bits per heavy atom. The summed E-state index contributed by atoms with van der Waals surface area (Å²) in [6.07, 6.45) is 0.346. The molecule has 0 saturated carbocycles. The summed E-state index contributed by atoms with van der Waals surface area (Å²) in [6.45, 7) is 0. The molecular formula is C14H12BrCl2FN2. The molecule has 2 nitrogen and oxygen atoms in total. The molecule has 0 spiro atoms. The van der Waals surface area contributed by atoms with Crippen LogP contribution in [0.2, 0.25) is 10.0 Å². The zero-order valence-electron chi connectivity index (χ0n) is 10.3. The lowest BCUT2D eigenvalue weighted by Gasteiger charge is -2.18. The highest BCUT2D eigenvalue weighted by Gasteiger charge is 2.17. The first kappa shape index (κ1) is 15.7. The first-order chi connectivity index (χ1) is 9.52. The summed E-state index contributed by atoms with van der Waals surface area (Å²) in [5, 5.41) is 0.664. The molecule has 0 aliphatic heterocycles. The van der Waals surface area contributed by atoms with Gasteiger partial charge in [0.1, 0.15) is 5.82 Å². The van der Waals surface area contributed by atoms with E-state index in [4.69, 9.17) is 29.0 Å². The number of halogens is 4. The standard InChI is InChI=1S/C14H12BrCl2FN2/c15-9-4-5-11(16)10(7-9)13(20-19)6-8-2-1-3-12(17)14(8)18/h1-5,7,13,20H,6,19H2. The number of hydrogen-bond acceptors (Lipinski definition) is 2.